The lowest BCUT2D eigenvalue weighted by atomic mass is 9.95. The second-order valence-corrected chi connectivity index (χ2v) is 5.57. The number of hydrogen-bond donors (Lipinski definition) is 2. The molecule has 3 heteroatoms. The summed E-state index contributed by atoms with van der Waals surface area (Å²) in [6, 6.07) is 0.711. The lowest BCUT2D eigenvalue weighted by Crippen LogP contribution is -2.38. The van der Waals surface area contributed by atoms with Crippen LogP contribution in [0.1, 0.15) is 46.5 Å². The Hall–Kier alpha value is -0.120. The van der Waals surface area contributed by atoms with Gasteiger partial charge in [-0.25, -0.2) is 0 Å². The molecule has 0 spiro atoms. The highest BCUT2D eigenvalue weighted by atomic mass is 16.3. The highest BCUT2D eigenvalue weighted by Crippen LogP contribution is 2.23. The van der Waals surface area contributed by atoms with Crippen LogP contribution in [0.25, 0.3) is 0 Å². The minimum Gasteiger partial charge on any atom is -0.389 e. The average Bonchev–Trinajstić information content (AvgIpc) is 2.57. The number of aliphatic hydroxyl groups is 1. The van der Waals surface area contributed by atoms with E-state index >= 15 is 0 Å². The Bertz CT molecular complexity index is 204. The van der Waals surface area contributed by atoms with Gasteiger partial charge in [0.2, 0.25) is 0 Å². The lowest BCUT2D eigenvalue weighted by molar-refractivity contribution is 0.0313. The maximum atomic E-state index is 10.1. The first-order valence-electron chi connectivity index (χ1n) is 6.67. The van der Waals surface area contributed by atoms with Crippen LogP contribution in [0.5, 0.6) is 0 Å². The van der Waals surface area contributed by atoms with Crippen molar-refractivity contribution in [3.8, 4) is 0 Å². The van der Waals surface area contributed by atoms with Gasteiger partial charge in [0.25, 0.3) is 0 Å². The maximum Gasteiger partial charge on any atom is 0.0767 e. The van der Waals surface area contributed by atoms with Gasteiger partial charge in [0, 0.05) is 19.1 Å². The largest absolute Gasteiger partial charge is 0.389 e. The molecular formula is C13H28N2O. The molecule has 0 aromatic rings. The maximum absolute atomic E-state index is 10.1. The zero-order chi connectivity index (χ0) is 12.2. The highest BCUT2D eigenvalue weighted by Gasteiger charge is 2.27. The molecule has 0 aromatic heterocycles. The summed E-state index contributed by atoms with van der Waals surface area (Å²) in [7, 11) is 0. The molecule has 3 nitrogen and oxygen atoms in total. The molecule has 0 aliphatic carbocycles. The smallest absolute Gasteiger partial charge is 0.0767 e. The molecule has 1 aliphatic heterocycles. The van der Waals surface area contributed by atoms with Crippen molar-refractivity contribution in [2.45, 2.75) is 58.1 Å². The molecule has 0 radical (unpaired) electrons. The molecule has 0 amide bonds. The van der Waals surface area contributed by atoms with Crippen molar-refractivity contribution in [2.75, 3.05) is 19.6 Å². The van der Waals surface area contributed by atoms with Crippen LogP contribution in [0.3, 0.4) is 0 Å². The van der Waals surface area contributed by atoms with Gasteiger partial charge in [0.15, 0.2) is 0 Å². The van der Waals surface area contributed by atoms with Gasteiger partial charge in [-0.1, -0.05) is 13.8 Å². The van der Waals surface area contributed by atoms with E-state index in [9.17, 15) is 5.11 Å². The van der Waals surface area contributed by atoms with Gasteiger partial charge in [-0.15, -0.1) is 0 Å². The summed E-state index contributed by atoms with van der Waals surface area (Å²) in [5, 5.41) is 10.1. The molecule has 96 valence electrons. The van der Waals surface area contributed by atoms with Crippen molar-refractivity contribution in [1.29, 1.82) is 0 Å². The Labute approximate surface area is 100 Å². The van der Waals surface area contributed by atoms with Crippen molar-refractivity contribution in [3.63, 3.8) is 0 Å². The average molecular weight is 228 g/mol. The molecule has 16 heavy (non-hydrogen) atoms. The van der Waals surface area contributed by atoms with E-state index in [1.807, 2.05) is 6.92 Å². The normalized spacial score (nSPS) is 30.6. The highest BCUT2D eigenvalue weighted by molar-refractivity contribution is 4.82. The first-order valence-corrected chi connectivity index (χ1v) is 6.67. The fraction of sp³-hybridized carbons (Fsp3) is 1.00. The van der Waals surface area contributed by atoms with Crippen LogP contribution in [-0.2, 0) is 0 Å². The summed E-state index contributed by atoms with van der Waals surface area (Å²) < 4.78 is 0. The second-order valence-electron chi connectivity index (χ2n) is 5.57. The Balaban J connectivity index is 2.25. The summed E-state index contributed by atoms with van der Waals surface area (Å²) in [5.74, 6) is 0.828. The van der Waals surface area contributed by atoms with Gasteiger partial charge in [0.05, 0.1) is 5.60 Å². The number of rotatable bonds is 6. The van der Waals surface area contributed by atoms with E-state index in [2.05, 4.69) is 18.7 Å². The van der Waals surface area contributed by atoms with E-state index in [0.29, 0.717) is 12.6 Å². The van der Waals surface area contributed by atoms with Gasteiger partial charge in [-0.3, -0.25) is 0 Å². The number of hydrogen-bond acceptors (Lipinski definition) is 3. The summed E-state index contributed by atoms with van der Waals surface area (Å²) in [5.41, 5.74) is 4.97. The summed E-state index contributed by atoms with van der Waals surface area (Å²) in [6.07, 6.45) is 3.96. The molecule has 1 rings (SSSR count). The van der Waals surface area contributed by atoms with Crippen LogP contribution in [0.4, 0.5) is 0 Å². The minimum absolute atomic E-state index is 0.384. The summed E-state index contributed by atoms with van der Waals surface area (Å²) >= 11 is 0. The molecule has 0 saturated carbocycles. The number of likely N-dealkylation sites (tertiary alicyclic amines) is 1. The van der Waals surface area contributed by atoms with Gasteiger partial charge < -0.3 is 15.7 Å². The summed E-state index contributed by atoms with van der Waals surface area (Å²) in [4.78, 5) is 2.54. The van der Waals surface area contributed by atoms with Crippen molar-refractivity contribution in [1.82, 2.24) is 4.90 Å². The molecule has 3 N–H and O–H groups in total. The van der Waals surface area contributed by atoms with E-state index in [1.54, 1.807) is 0 Å². The second kappa shape index (κ2) is 5.99. The molecule has 0 aromatic carbocycles. The zero-order valence-corrected chi connectivity index (χ0v) is 11.1. The van der Waals surface area contributed by atoms with Crippen LogP contribution < -0.4 is 5.73 Å². The fourth-order valence-electron chi connectivity index (χ4n) is 2.73. The molecular weight excluding hydrogens is 200 g/mol. The van der Waals surface area contributed by atoms with Gasteiger partial charge in [-0.05, 0) is 45.1 Å². The molecule has 3 unspecified atom stereocenters. The van der Waals surface area contributed by atoms with E-state index in [0.717, 1.165) is 31.7 Å². The van der Waals surface area contributed by atoms with E-state index in [-0.39, 0.29) is 0 Å². The number of nitrogens with zero attached hydrogens (tertiary/aromatic N) is 1. The first-order chi connectivity index (χ1) is 7.50. The van der Waals surface area contributed by atoms with Crippen molar-refractivity contribution < 1.29 is 5.11 Å². The molecule has 1 aliphatic rings. The molecule has 1 fully saturated rings. The Kier molecular flexibility index (Phi) is 5.22. The Morgan fingerprint density at radius 1 is 1.44 bits per heavy atom. The van der Waals surface area contributed by atoms with Crippen LogP contribution in [0, 0.1) is 5.92 Å². The Morgan fingerprint density at radius 2 is 2.12 bits per heavy atom. The third-order valence-corrected chi connectivity index (χ3v) is 4.04. The summed E-state index contributed by atoms with van der Waals surface area (Å²) in [6.45, 7) is 9.34. The standard InChI is InChI=1S/C13H28N2O/c1-4-13(16,10-14)6-5-7-15-9-11(2)8-12(15)3/h11-12,16H,4-10,14H2,1-3H3. The van der Waals surface area contributed by atoms with E-state index in [1.165, 1.54) is 13.0 Å². The number of nitrogens with two attached hydrogens (primary N) is 1. The Morgan fingerprint density at radius 3 is 2.56 bits per heavy atom. The predicted octanol–water partition coefficient (Wildman–Crippen LogP) is 1.60. The van der Waals surface area contributed by atoms with Crippen LogP contribution in [-0.4, -0.2) is 41.3 Å². The van der Waals surface area contributed by atoms with E-state index in [4.69, 9.17) is 5.73 Å². The predicted molar refractivity (Wildman–Crippen MR) is 68.3 cm³/mol. The lowest BCUT2D eigenvalue weighted by Gasteiger charge is -2.27. The van der Waals surface area contributed by atoms with Gasteiger partial charge >= 0.3 is 0 Å². The third kappa shape index (κ3) is 3.72. The van der Waals surface area contributed by atoms with Crippen molar-refractivity contribution in [3.05, 3.63) is 0 Å². The monoisotopic (exact) mass is 228 g/mol. The van der Waals surface area contributed by atoms with E-state index < -0.39 is 5.60 Å². The van der Waals surface area contributed by atoms with Crippen molar-refractivity contribution in [2.24, 2.45) is 11.7 Å². The van der Waals surface area contributed by atoms with Gasteiger partial charge in [0.1, 0.15) is 0 Å². The molecule has 0 bridgehead atoms. The van der Waals surface area contributed by atoms with Crippen molar-refractivity contribution >= 4 is 0 Å². The van der Waals surface area contributed by atoms with Gasteiger partial charge in [-0.2, -0.15) is 0 Å². The topological polar surface area (TPSA) is 49.5 Å². The van der Waals surface area contributed by atoms with Crippen LogP contribution in [0.15, 0.2) is 0 Å². The molecule has 1 heterocycles. The third-order valence-electron chi connectivity index (χ3n) is 4.04. The molecule has 1 saturated heterocycles. The minimum atomic E-state index is -0.630. The SMILES string of the molecule is CCC(O)(CN)CCCN1CC(C)CC1C. The fourth-order valence-corrected chi connectivity index (χ4v) is 2.73. The zero-order valence-electron chi connectivity index (χ0n) is 11.1. The van der Waals surface area contributed by atoms with Crippen LogP contribution >= 0.6 is 0 Å². The van der Waals surface area contributed by atoms with Crippen LogP contribution in [0.2, 0.25) is 0 Å². The molecule has 3 atom stereocenters. The first kappa shape index (κ1) is 13.9. The quantitative estimate of drug-likeness (QED) is 0.726.